The Morgan fingerprint density at radius 1 is 1.19 bits per heavy atom. The Labute approximate surface area is 157 Å². The molecule has 2 aromatic carbocycles. The Morgan fingerprint density at radius 2 is 1.89 bits per heavy atom. The summed E-state index contributed by atoms with van der Waals surface area (Å²) in [7, 11) is 0. The fourth-order valence-corrected chi connectivity index (χ4v) is 3.00. The summed E-state index contributed by atoms with van der Waals surface area (Å²) in [6, 6.07) is 12.6. The number of ether oxygens (including phenoxy) is 1. The fraction of sp³-hybridized carbons (Fsp3) is 0.300. The maximum absolute atomic E-state index is 12.9. The van der Waals surface area contributed by atoms with Crippen LogP contribution < -0.4 is 20.3 Å². The Bertz CT molecular complexity index is 793. The molecule has 142 valence electrons. The maximum atomic E-state index is 12.9. The first kappa shape index (κ1) is 18.7. The van der Waals surface area contributed by atoms with Gasteiger partial charge in [-0.25, -0.2) is 9.18 Å². The highest BCUT2D eigenvalue weighted by atomic mass is 19.1. The average molecular weight is 371 g/mol. The topological polar surface area (TPSA) is 70.7 Å². The standard InChI is InChI=1S/C20H22FN3O3/c1-2-27-18-9-7-17(8-10-18)24-13-14(11-19(24)25)12-22-20(26)23-16-5-3-15(21)4-6-16/h3-10,14H,2,11-13H2,1H3,(H2,22,23,26)/t14-/m1/s1. The molecule has 0 saturated carbocycles. The molecule has 0 unspecified atom stereocenters. The van der Waals surface area contributed by atoms with E-state index in [1.54, 1.807) is 4.90 Å². The van der Waals surface area contributed by atoms with E-state index in [4.69, 9.17) is 4.74 Å². The van der Waals surface area contributed by atoms with Gasteiger partial charge in [0, 0.05) is 36.8 Å². The molecular weight excluding hydrogens is 349 g/mol. The maximum Gasteiger partial charge on any atom is 0.319 e. The lowest BCUT2D eigenvalue weighted by Crippen LogP contribution is -2.34. The molecule has 27 heavy (non-hydrogen) atoms. The van der Waals surface area contributed by atoms with E-state index < -0.39 is 0 Å². The molecule has 1 aliphatic rings. The quantitative estimate of drug-likeness (QED) is 0.818. The van der Waals surface area contributed by atoms with Crippen molar-refractivity contribution in [1.82, 2.24) is 5.32 Å². The predicted octanol–water partition coefficient (Wildman–Crippen LogP) is 3.40. The zero-order valence-corrected chi connectivity index (χ0v) is 15.1. The van der Waals surface area contributed by atoms with Gasteiger partial charge in [0.2, 0.25) is 5.91 Å². The summed E-state index contributed by atoms with van der Waals surface area (Å²) in [5, 5.41) is 5.40. The number of nitrogens with one attached hydrogen (secondary N) is 2. The van der Waals surface area contributed by atoms with Gasteiger partial charge in [0.25, 0.3) is 0 Å². The summed E-state index contributed by atoms with van der Waals surface area (Å²) in [4.78, 5) is 26.0. The van der Waals surface area contributed by atoms with Gasteiger partial charge in [-0.05, 0) is 55.5 Å². The van der Waals surface area contributed by atoms with Crippen molar-refractivity contribution in [2.24, 2.45) is 5.92 Å². The van der Waals surface area contributed by atoms with Crippen molar-refractivity contribution in [2.45, 2.75) is 13.3 Å². The van der Waals surface area contributed by atoms with Crippen LogP contribution in [-0.4, -0.2) is 31.6 Å². The molecule has 1 atom stereocenters. The molecule has 1 fully saturated rings. The van der Waals surface area contributed by atoms with Crippen LogP contribution in [0, 0.1) is 11.7 Å². The van der Waals surface area contributed by atoms with Crippen LogP contribution in [0.5, 0.6) is 5.75 Å². The summed E-state index contributed by atoms with van der Waals surface area (Å²) >= 11 is 0. The summed E-state index contributed by atoms with van der Waals surface area (Å²) in [6.07, 6.45) is 0.379. The number of hydrogen-bond donors (Lipinski definition) is 2. The van der Waals surface area contributed by atoms with E-state index in [0.29, 0.717) is 31.8 Å². The molecule has 1 aliphatic heterocycles. The van der Waals surface area contributed by atoms with Gasteiger partial charge in [0.15, 0.2) is 0 Å². The van der Waals surface area contributed by atoms with Gasteiger partial charge in [0.05, 0.1) is 6.61 Å². The van der Waals surface area contributed by atoms with Crippen LogP contribution in [0.3, 0.4) is 0 Å². The number of anilines is 2. The van der Waals surface area contributed by atoms with Crippen LogP contribution in [0.25, 0.3) is 0 Å². The van der Waals surface area contributed by atoms with Crippen LogP contribution in [0.15, 0.2) is 48.5 Å². The van der Waals surface area contributed by atoms with Gasteiger partial charge in [-0.1, -0.05) is 0 Å². The second-order valence-electron chi connectivity index (χ2n) is 6.34. The van der Waals surface area contributed by atoms with E-state index in [0.717, 1.165) is 11.4 Å². The Balaban J connectivity index is 1.50. The first-order valence-electron chi connectivity index (χ1n) is 8.89. The van der Waals surface area contributed by atoms with E-state index in [1.807, 2.05) is 31.2 Å². The monoisotopic (exact) mass is 371 g/mol. The molecule has 3 rings (SSSR count). The van der Waals surface area contributed by atoms with Crippen molar-refractivity contribution in [3.63, 3.8) is 0 Å². The van der Waals surface area contributed by atoms with E-state index >= 15 is 0 Å². The molecule has 0 radical (unpaired) electrons. The molecule has 0 bridgehead atoms. The second-order valence-corrected chi connectivity index (χ2v) is 6.34. The van der Waals surface area contributed by atoms with Crippen LogP contribution in [0.1, 0.15) is 13.3 Å². The largest absolute Gasteiger partial charge is 0.494 e. The van der Waals surface area contributed by atoms with Crippen molar-refractivity contribution in [1.29, 1.82) is 0 Å². The van der Waals surface area contributed by atoms with Gasteiger partial charge in [-0.2, -0.15) is 0 Å². The third-order valence-corrected chi connectivity index (χ3v) is 4.32. The van der Waals surface area contributed by atoms with Crippen molar-refractivity contribution in [3.05, 3.63) is 54.3 Å². The minimum absolute atomic E-state index is 0.0306. The molecule has 6 nitrogen and oxygen atoms in total. The number of benzene rings is 2. The predicted molar refractivity (Wildman–Crippen MR) is 101 cm³/mol. The number of urea groups is 1. The zero-order valence-electron chi connectivity index (χ0n) is 15.1. The fourth-order valence-electron chi connectivity index (χ4n) is 3.00. The molecular formula is C20H22FN3O3. The number of halogens is 1. The summed E-state index contributed by atoms with van der Waals surface area (Å²) in [5.41, 5.74) is 1.33. The van der Waals surface area contributed by atoms with Crippen LogP contribution >= 0.6 is 0 Å². The molecule has 2 aromatic rings. The van der Waals surface area contributed by atoms with Gasteiger partial charge in [0.1, 0.15) is 11.6 Å². The lowest BCUT2D eigenvalue weighted by molar-refractivity contribution is -0.117. The van der Waals surface area contributed by atoms with Crippen molar-refractivity contribution in [3.8, 4) is 5.75 Å². The normalized spacial score (nSPS) is 16.3. The van der Waals surface area contributed by atoms with E-state index in [2.05, 4.69) is 10.6 Å². The first-order valence-corrected chi connectivity index (χ1v) is 8.89. The summed E-state index contributed by atoms with van der Waals surface area (Å²) in [5.74, 6) is 0.469. The number of nitrogens with zero attached hydrogens (tertiary/aromatic N) is 1. The molecule has 7 heteroatoms. The van der Waals surface area contributed by atoms with Crippen molar-refractivity contribution in [2.75, 3.05) is 29.9 Å². The number of carbonyl (C=O) groups excluding carboxylic acids is 2. The average Bonchev–Trinajstić information content (AvgIpc) is 3.04. The number of amides is 3. The molecule has 0 aliphatic carbocycles. The summed E-state index contributed by atoms with van der Waals surface area (Å²) < 4.78 is 18.3. The van der Waals surface area contributed by atoms with Gasteiger partial charge < -0.3 is 20.3 Å². The Kier molecular flexibility index (Phi) is 5.90. The highest BCUT2D eigenvalue weighted by Crippen LogP contribution is 2.26. The molecule has 2 N–H and O–H groups in total. The second kappa shape index (κ2) is 8.53. The minimum Gasteiger partial charge on any atom is -0.494 e. The van der Waals surface area contributed by atoms with E-state index in [9.17, 15) is 14.0 Å². The van der Waals surface area contributed by atoms with Crippen LogP contribution in [0.4, 0.5) is 20.6 Å². The molecule has 1 heterocycles. The smallest absolute Gasteiger partial charge is 0.319 e. The molecule has 0 spiro atoms. The van der Waals surface area contributed by atoms with Crippen LogP contribution in [-0.2, 0) is 4.79 Å². The lowest BCUT2D eigenvalue weighted by atomic mass is 10.1. The number of carbonyl (C=O) groups is 2. The Morgan fingerprint density at radius 3 is 2.56 bits per heavy atom. The zero-order chi connectivity index (χ0) is 19.2. The van der Waals surface area contributed by atoms with Gasteiger partial charge in [-0.15, -0.1) is 0 Å². The van der Waals surface area contributed by atoms with Crippen LogP contribution in [0.2, 0.25) is 0 Å². The van der Waals surface area contributed by atoms with Crippen molar-refractivity contribution < 1.29 is 18.7 Å². The van der Waals surface area contributed by atoms with Gasteiger partial charge >= 0.3 is 6.03 Å². The highest BCUT2D eigenvalue weighted by molar-refractivity contribution is 5.96. The number of rotatable bonds is 6. The molecule has 0 aromatic heterocycles. The van der Waals surface area contributed by atoms with E-state index in [1.165, 1.54) is 24.3 Å². The Hall–Kier alpha value is -3.09. The van der Waals surface area contributed by atoms with Gasteiger partial charge in [-0.3, -0.25) is 4.79 Å². The summed E-state index contributed by atoms with van der Waals surface area (Å²) in [6.45, 7) is 3.44. The molecule has 3 amide bonds. The lowest BCUT2D eigenvalue weighted by Gasteiger charge is -2.17. The third kappa shape index (κ3) is 4.97. The third-order valence-electron chi connectivity index (χ3n) is 4.32. The highest BCUT2D eigenvalue weighted by Gasteiger charge is 2.30. The number of hydrogen-bond acceptors (Lipinski definition) is 3. The van der Waals surface area contributed by atoms with Crippen molar-refractivity contribution >= 4 is 23.3 Å². The minimum atomic E-state index is -0.381. The van der Waals surface area contributed by atoms with E-state index in [-0.39, 0.29) is 23.7 Å². The SMILES string of the molecule is CCOc1ccc(N2C[C@@H](CNC(=O)Nc3ccc(F)cc3)CC2=O)cc1. The first-order chi connectivity index (χ1) is 13.0. The molecule has 1 saturated heterocycles.